The molecule has 0 saturated heterocycles. The molecule has 3 fully saturated rings. The first-order chi connectivity index (χ1) is 32.9. The van der Waals surface area contributed by atoms with Gasteiger partial charge in [-0.05, 0) is 164 Å². The first-order valence-corrected chi connectivity index (χ1v) is 26.3. The molecule has 1 heterocycles. The second-order valence-electron chi connectivity index (χ2n) is 22.6. The molecule has 8 nitrogen and oxygen atoms in total. The monoisotopic (exact) mass is 945 g/mol. The number of carboxylic acid groups (broad SMARTS) is 1. The van der Waals surface area contributed by atoms with E-state index >= 15 is 0 Å². The molecule has 4 aliphatic rings. The van der Waals surface area contributed by atoms with Gasteiger partial charge in [0.15, 0.2) is 0 Å². The van der Waals surface area contributed by atoms with E-state index in [1.54, 1.807) is 17.7 Å². The van der Waals surface area contributed by atoms with Gasteiger partial charge in [-0.3, -0.25) is 9.59 Å². The fourth-order valence-corrected chi connectivity index (χ4v) is 13.9. The van der Waals surface area contributed by atoms with E-state index < -0.39 is 24.6 Å². The highest BCUT2D eigenvalue weighted by atomic mass is 19.1. The van der Waals surface area contributed by atoms with Gasteiger partial charge in [0.2, 0.25) is 0 Å². The molecule has 3 aromatic carbocycles. The standard InChI is InChI=1S/C33H35FN2O5.C27H46O/c1-21(2)31-30(33(41)35-25-11-7-4-8-12-25)29(22-9-5-3-6-10-22)32(23-13-15-24(34)16-14-23)36(31)18-17-26(37)19-27(38)20-28(39)40;1-18(2)7-6-8-19(3)23-11-12-24-22-10-9-20-17-21(28)13-15-26(20,4)25(22)14-16-27(23,24)5/h3-16,21,26-27,37-38H,17-20H2,1-2H3,(H,35,41)(H,39,40);9,18-19,21-25,28H,6-8,10-17H2,1-5H3/t26-,27-;19-,21+,22+,23-,24+,25+,26+,27-/m11/s1. The topological polar surface area (TPSA) is 132 Å². The average molecular weight is 945 g/mol. The van der Waals surface area contributed by atoms with E-state index in [-0.39, 0.29) is 43.1 Å². The number of aliphatic hydroxyl groups is 3. The largest absolute Gasteiger partial charge is 0.481 e. The van der Waals surface area contributed by atoms with Crippen molar-refractivity contribution in [3.8, 4) is 22.4 Å². The van der Waals surface area contributed by atoms with Gasteiger partial charge in [-0.2, -0.15) is 0 Å². The van der Waals surface area contributed by atoms with Crippen molar-refractivity contribution < 1.29 is 34.4 Å². The SMILES string of the molecule is CC(C)CCC[C@@H](C)[C@H]1CC[C@H]2[C@@H]3CC=C4C[C@@H](O)CC[C@]4(C)[C@H]3CC[C@]12C.CC(C)c1c(C(=O)Nc2ccccc2)c(-c2ccccc2)c(-c2ccc(F)cc2)n1CC[C@@H](O)C[C@@H](O)CC(=O)O. The molecule has 5 N–H and O–H groups in total. The lowest BCUT2D eigenvalue weighted by molar-refractivity contribution is -0.139. The van der Waals surface area contributed by atoms with E-state index in [9.17, 15) is 29.3 Å². The number of para-hydroxylation sites is 1. The van der Waals surface area contributed by atoms with E-state index in [0.717, 1.165) is 59.6 Å². The van der Waals surface area contributed by atoms with Gasteiger partial charge in [-0.25, -0.2) is 4.39 Å². The molecule has 4 aromatic rings. The second kappa shape index (κ2) is 22.7. The second-order valence-corrected chi connectivity index (χ2v) is 22.6. The minimum Gasteiger partial charge on any atom is -0.481 e. The van der Waals surface area contributed by atoms with Crippen LogP contribution < -0.4 is 5.32 Å². The number of hydrogen-bond donors (Lipinski definition) is 5. The van der Waals surface area contributed by atoms with E-state index in [0.29, 0.717) is 38.9 Å². The molecule has 374 valence electrons. The number of nitrogens with one attached hydrogen (secondary N) is 1. The van der Waals surface area contributed by atoms with Crippen molar-refractivity contribution in [1.82, 2.24) is 4.57 Å². The first-order valence-electron chi connectivity index (χ1n) is 26.3. The molecule has 0 bridgehead atoms. The number of carbonyl (C=O) groups excluding carboxylic acids is 1. The molecule has 69 heavy (non-hydrogen) atoms. The van der Waals surface area contributed by atoms with Crippen LogP contribution in [0, 0.1) is 52.2 Å². The number of halogens is 1. The van der Waals surface area contributed by atoms with Gasteiger partial charge in [-0.1, -0.05) is 128 Å². The molecular formula is C60H81FN2O6. The number of carbonyl (C=O) groups is 2. The maximum Gasteiger partial charge on any atom is 0.305 e. The lowest BCUT2D eigenvalue weighted by Crippen LogP contribution is -2.50. The van der Waals surface area contributed by atoms with Crippen LogP contribution >= 0.6 is 0 Å². The van der Waals surface area contributed by atoms with Crippen LogP contribution in [-0.4, -0.2) is 55.2 Å². The zero-order valence-corrected chi connectivity index (χ0v) is 42.5. The maximum absolute atomic E-state index is 14.0. The van der Waals surface area contributed by atoms with Crippen molar-refractivity contribution in [1.29, 1.82) is 0 Å². The summed E-state index contributed by atoms with van der Waals surface area (Å²) in [5, 5.41) is 43.0. The molecular weight excluding hydrogens is 864 g/mol. The summed E-state index contributed by atoms with van der Waals surface area (Å²) in [6, 6.07) is 24.8. The molecule has 4 aliphatic carbocycles. The maximum atomic E-state index is 14.0. The van der Waals surface area contributed by atoms with E-state index in [2.05, 4.69) is 46.0 Å². The Balaban J connectivity index is 0.000000218. The van der Waals surface area contributed by atoms with Gasteiger partial charge in [0, 0.05) is 23.5 Å². The summed E-state index contributed by atoms with van der Waals surface area (Å²) < 4.78 is 16.0. The minimum atomic E-state index is -1.18. The predicted molar refractivity (Wildman–Crippen MR) is 276 cm³/mol. The third-order valence-electron chi connectivity index (χ3n) is 17.2. The molecule has 0 aliphatic heterocycles. The number of rotatable bonds is 17. The molecule has 0 unspecified atom stereocenters. The Hall–Kier alpha value is -4.57. The van der Waals surface area contributed by atoms with Crippen molar-refractivity contribution in [3.63, 3.8) is 0 Å². The average Bonchev–Trinajstić information content (AvgIpc) is 3.85. The van der Waals surface area contributed by atoms with Crippen LogP contribution in [0.3, 0.4) is 0 Å². The van der Waals surface area contributed by atoms with E-state index in [1.807, 2.05) is 79.1 Å². The third kappa shape index (κ3) is 11.8. The number of aliphatic hydroxyl groups excluding tert-OH is 3. The summed E-state index contributed by atoms with van der Waals surface area (Å²) >= 11 is 0. The van der Waals surface area contributed by atoms with Gasteiger partial charge in [-0.15, -0.1) is 0 Å². The number of fused-ring (bicyclic) bond motifs is 5. The summed E-state index contributed by atoms with van der Waals surface area (Å²) in [5.41, 5.74) is 7.38. The molecule has 10 atom stereocenters. The number of allylic oxidation sites excluding steroid dienone is 1. The Bertz CT molecular complexity index is 2360. The van der Waals surface area contributed by atoms with E-state index in [1.165, 1.54) is 69.9 Å². The number of anilines is 1. The van der Waals surface area contributed by atoms with Gasteiger partial charge in [0.1, 0.15) is 5.82 Å². The number of carboxylic acids is 1. The van der Waals surface area contributed by atoms with Crippen molar-refractivity contribution >= 4 is 17.6 Å². The lowest BCUT2D eigenvalue weighted by atomic mass is 9.47. The van der Waals surface area contributed by atoms with Crippen molar-refractivity contribution in [2.45, 2.75) is 169 Å². The lowest BCUT2D eigenvalue weighted by Gasteiger charge is -2.58. The Morgan fingerprint density at radius 1 is 0.797 bits per heavy atom. The molecule has 9 heteroatoms. The van der Waals surface area contributed by atoms with Crippen LogP contribution in [0.1, 0.15) is 160 Å². The van der Waals surface area contributed by atoms with Gasteiger partial charge < -0.3 is 30.3 Å². The van der Waals surface area contributed by atoms with Crippen molar-refractivity contribution in [2.75, 3.05) is 5.32 Å². The molecule has 1 aromatic heterocycles. The normalized spacial score (nSPS) is 26.4. The summed E-state index contributed by atoms with van der Waals surface area (Å²) in [6.07, 6.45) is 14.7. The fourth-order valence-electron chi connectivity index (χ4n) is 13.9. The minimum absolute atomic E-state index is 0.0766. The van der Waals surface area contributed by atoms with Crippen LogP contribution in [0.5, 0.6) is 0 Å². The summed E-state index contributed by atoms with van der Waals surface area (Å²) in [6.45, 7) is 16.8. The summed E-state index contributed by atoms with van der Waals surface area (Å²) in [5.74, 6) is 3.52. The predicted octanol–water partition coefficient (Wildman–Crippen LogP) is 13.7. The number of aromatic nitrogens is 1. The number of amides is 1. The first kappa shape index (κ1) is 52.3. The number of benzene rings is 3. The Morgan fingerprint density at radius 3 is 2.13 bits per heavy atom. The Labute approximate surface area is 411 Å². The Kier molecular flexibility index (Phi) is 17.2. The van der Waals surface area contributed by atoms with Crippen LogP contribution in [-0.2, 0) is 11.3 Å². The van der Waals surface area contributed by atoms with Gasteiger partial charge in [0.25, 0.3) is 5.91 Å². The highest BCUT2D eigenvalue weighted by molar-refractivity contribution is 6.12. The molecule has 3 saturated carbocycles. The van der Waals surface area contributed by atoms with Crippen molar-refractivity contribution in [2.24, 2.45) is 46.3 Å². The molecule has 8 rings (SSSR count). The Morgan fingerprint density at radius 2 is 1.48 bits per heavy atom. The number of hydrogen-bond acceptors (Lipinski definition) is 5. The summed E-state index contributed by atoms with van der Waals surface area (Å²) in [7, 11) is 0. The van der Waals surface area contributed by atoms with Crippen LogP contribution in [0.25, 0.3) is 22.4 Å². The molecule has 1 amide bonds. The third-order valence-corrected chi connectivity index (χ3v) is 17.2. The number of nitrogens with zero attached hydrogens (tertiary/aromatic N) is 1. The number of aliphatic carboxylic acids is 1. The van der Waals surface area contributed by atoms with Gasteiger partial charge in [0.05, 0.1) is 36.0 Å². The molecule has 0 spiro atoms. The summed E-state index contributed by atoms with van der Waals surface area (Å²) in [4.78, 5) is 25.0. The van der Waals surface area contributed by atoms with E-state index in [4.69, 9.17) is 5.11 Å². The van der Waals surface area contributed by atoms with Crippen molar-refractivity contribution in [3.05, 3.63) is 114 Å². The smallest absolute Gasteiger partial charge is 0.305 e. The zero-order chi connectivity index (χ0) is 49.6. The zero-order valence-electron chi connectivity index (χ0n) is 42.5. The highest BCUT2D eigenvalue weighted by Crippen LogP contribution is 2.67. The molecule has 0 radical (unpaired) electrons. The highest BCUT2D eigenvalue weighted by Gasteiger charge is 2.59. The van der Waals surface area contributed by atoms with Gasteiger partial charge >= 0.3 is 5.97 Å². The van der Waals surface area contributed by atoms with Crippen LogP contribution in [0.2, 0.25) is 0 Å². The van der Waals surface area contributed by atoms with Crippen LogP contribution in [0.4, 0.5) is 10.1 Å². The quantitative estimate of drug-likeness (QED) is 0.0670. The fraction of sp³-hybridized carbons (Fsp3) is 0.567. The van der Waals surface area contributed by atoms with Crippen LogP contribution in [0.15, 0.2) is 96.6 Å².